The van der Waals surface area contributed by atoms with E-state index in [9.17, 15) is 19.8 Å². The zero-order chi connectivity index (χ0) is 64.0. The number of carboxylic acids is 1. The first-order valence-corrected chi connectivity index (χ1v) is 26.2. The van der Waals surface area contributed by atoms with Crippen LogP contribution in [0.15, 0.2) is 180 Å². The fourth-order valence-electron chi connectivity index (χ4n) is 8.69. The maximum Gasteiger partial charge on any atom is 2.00 e. The van der Waals surface area contributed by atoms with Crippen LogP contribution in [0, 0.1) is 61.3 Å². The Kier molecular flexibility index (Phi) is 36.1. The molecule has 0 saturated carbocycles. The van der Waals surface area contributed by atoms with Crippen LogP contribution in [0.25, 0.3) is 33.4 Å². The number of nitrogens with zero attached hydrogens (tertiary/aromatic N) is 10. The van der Waals surface area contributed by atoms with Crippen molar-refractivity contribution in [3.8, 4) is 33.9 Å². The molecule has 474 valence electrons. The molecule has 0 saturated heterocycles. The molecule has 0 spiro atoms. The van der Waals surface area contributed by atoms with Crippen molar-refractivity contribution < 1.29 is 83.5 Å². The quantitative estimate of drug-likeness (QED) is 0.00973. The van der Waals surface area contributed by atoms with Gasteiger partial charge in [0.05, 0.1) is 55.3 Å². The van der Waals surface area contributed by atoms with Crippen molar-refractivity contribution in [2.75, 3.05) is 18.5 Å². The summed E-state index contributed by atoms with van der Waals surface area (Å²) in [6, 6.07) is 44.4. The number of pyridine rings is 4. The molecule has 0 unspecified atom stereocenters. The number of unbranched alkanes of at least 4 members (excludes halogenated alkanes) is 1. The molecule has 32 nitrogen and oxygen atoms in total. The predicted molar refractivity (Wildman–Crippen MR) is 333 cm³/mol. The van der Waals surface area contributed by atoms with Crippen molar-refractivity contribution in [2.24, 2.45) is 0 Å². The van der Waals surface area contributed by atoms with Crippen LogP contribution in [0.4, 0.5) is 5.69 Å². The molecule has 92 heavy (non-hydrogen) atoms. The summed E-state index contributed by atoms with van der Waals surface area (Å²) in [5.74, 6) is -0.127. The molecule has 1 aliphatic heterocycles. The minimum absolute atomic E-state index is 0. The average Bonchev–Trinajstić information content (AvgIpc) is 0.754. The van der Waals surface area contributed by atoms with E-state index in [1.54, 1.807) is 24.3 Å². The largest absolute Gasteiger partial charge is 2.00 e. The van der Waals surface area contributed by atoms with E-state index >= 15 is 0 Å². The number of carboxylic acid groups (broad SMARTS) is 1. The minimum atomic E-state index is -1.75. The van der Waals surface area contributed by atoms with Crippen LogP contribution in [-0.4, -0.2) is 84.5 Å². The molecule has 1 aliphatic carbocycles. The molecule has 3 aromatic carbocycles. The third-order valence-electron chi connectivity index (χ3n) is 11.9. The smallest absolute Gasteiger partial charge is 0.508 e. The standard InChI is InChI=1S/C57H52N8O6S.4NO3.2H3N.2Zn/c66-46-16-19-50-53(31-46)71-54-32-47(67)17-20-51(54)55(50)49-18-15-41(30-52(49)56(68)69)63-57(72)62-25-9-10-26-70-48-28-39(33-64(35-42-11-1-5-21-58-42)36-43-12-2-6-22-59-43)27-40(29-48)34-65(37-44-13-3-7-23-60-44)38-45-14-4-8-24-61-45;4*2-1(3)4;;;;/h1-8,11-24,27-32,66H,9-10,25-26,33-38H2,(H,68,69)(H2,62,63,72);;;;;2*1H3;;/q;4*-1;;;2*+2. The number of phenolic OH excluding ortho intramolecular Hbond substituents is 1. The van der Waals surface area contributed by atoms with Gasteiger partial charge in [-0.2, -0.15) is 0 Å². The molecule has 4 aromatic heterocycles. The number of hydrogen-bond acceptors (Lipinski definition) is 26. The van der Waals surface area contributed by atoms with E-state index < -0.39 is 26.3 Å². The minimum Gasteiger partial charge on any atom is -0.508 e. The Hall–Kier alpha value is -10.4. The summed E-state index contributed by atoms with van der Waals surface area (Å²) in [4.78, 5) is 81.3. The number of hydrogen-bond donors (Lipinski definition) is 6. The number of aromatic nitrogens is 4. The third-order valence-corrected chi connectivity index (χ3v) is 12.1. The second-order valence-electron chi connectivity index (χ2n) is 18.3. The Morgan fingerprint density at radius 1 is 0.565 bits per heavy atom. The van der Waals surface area contributed by atoms with E-state index in [2.05, 4.69) is 58.6 Å². The Labute approximate surface area is 553 Å². The first kappa shape index (κ1) is 79.6. The molecule has 0 radical (unpaired) electrons. The van der Waals surface area contributed by atoms with E-state index in [0.29, 0.717) is 90.9 Å². The molecule has 5 heterocycles. The zero-order valence-corrected chi connectivity index (χ0v) is 55.6. The van der Waals surface area contributed by atoms with Gasteiger partial charge in [-0.15, -0.1) is 0 Å². The molecule has 0 atom stereocenters. The molecular formula is C57H58N14O18SZn2. The Morgan fingerprint density at radius 3 is 1.43 bits per heavy atom. The van der Waals surface area contributed by atoms with Crippen LogP contribution >= 0.6 is 12.2 Å². The number of nitrogens with one attached hydrogen (secondary N) is 2. The first-order valence-electron chi connectivity index (χ1n) is 25.8. The first-order chi connectivity index (χ1) is 42.1. The summed E-state index contributed by atoms with van der Waals surface area (Å²) in [7, 11) is 0. The van der Waals surface area contributed by atoms with Crippen molar-refractivity contribution in [3.05, 3.63) is 281 Å². The van der Waals surface area contributed by atoms with Crippen LogP contribution in [-0.2, 0) is 78.2 Å². The molecule has 0 bridgehead atoms. The molecule has 7 aromatic rings. The van der Waals surface area contributed by atoms with Crippen molar-refractivity contribution in [3.63, 3.8) is 0 Å². The van der Waals surface area contributed by atoms with Gasteiger partial charge in [-0.3, -0.25) is 34.5 Å². The predicted octanol–water partition coefficient (Wildman–Crippen LogP) is 9.46. The molecule has 2 aliphatic rings. The van der Waals surface area contributed by atoms with E-state index in [-0.39, 0.29) is 73.8 Å². The number of thiocarbonyl (C=S) groups is 1. The molecule has 9 rings (SSSR count). The van der Waals surface area contributed by atoms with E-state index in [4.69, 9.17) is 82.7 Å². The van der Waals surface area contributed by atoms with Crippen LogP contribution in [0.2, 0.25) is 0 Å². The molecule has 0 amide bonds. The van der Waals surface area contributed by atoms with Gasteiger partial charge in [0, 0.05) is 105 Å². The fraction of sp³-hybridized carbons (Fsp3) is 0.175. The Balaban J connectivity index is 0.00000190. The summed E-state index contributed by atoms with van der Waals surface area (Å²) in [6.07, 6.45) is 8.77. The maximum absolute atomic E-state index is 12.8. The molecule has 10 N–H and O–H groups in total. The molecular weight excluding hydrogens is 1330 g/mol. The third kappa shape index (κ3) is 29.3. The van der Waals surface area contributed by atoms with Gasteiger partial charge in [0.2, 0.25) is 0 Å². The second kappa shape index (κ2) is 41.7. The number of ether oxygens (including phenoxy) is 1. The maximum atomic E-state index is 12.8. The van der Waals surface area contributed by atoms with Crippen LogP contribution in [0.5, 0.6) is 11.5 Å². The topological polar surface area (TPSA) is 514 Å². The number of rotatable bonds is 21. The summed E-state index contributed by atoms with van der Waals surface area (Å²) in [5.41, 5.74) is 8.16. The summed E-state index contributed by atoms with van der Waals surface area (Å²) in [5, 5.41) is 86.9. The number of carbonyl (C=O) groups is 1. The number of fused-ring (bicyclic) bond motifs is 2. The number of benzene rings is 4. The zero-order valence-electron chi connectivity index (χ0n) is 48.9. The van der Waals surface area contributed by atoms with Gasteiger partial charge in [-0.1, -0.05) is 36.4 Å². The fourth-order valence-corrected chi connectivity index (χ4v) is 8.91. The SMILES string of the molecule is N.N.O=C(O)c1cc(NC(=S)NCCCCOc2cc(CN(Cc3ccccn3)Cc3ccccn3)cc(CN(Cc3ccccn3)Cc3ccccn3)c2)ccc1-c1c2ccc(=O)cc-2oc2cc(O)ccc12.O=[N+]([O-])[O-].O=[N+]([O-])[O-].O=[N+]([O-])[O-].O=[N+]([O-])[O-].[Zn+2].[Zn+2]. The summed E-state index contributed by atoms with van der Waals surface area (Å²) in [6.45, 7) is 4.83. The monoisotopic (exact) mass is 1390 g/mol. The van der Waals surface area contributed by atoms with Crippen LogP contribution < -0.4 is 33.1 Å². The van der Waals surface area contributed by atoms with E-state index in [1.165, 1.54) is 30.3 Å². The molecule has 0 fully saturated rings. The van der Waals surface area contributed by atoms with Gasteiger partial charge in [-0.05, 0) is 139 Å². The number of aromatic carboxylic acids is 1. The second-order valence-corrected chi connectivity index (χ2v) is 18.7. The number of phenols is 1. The Bertz CT molecular complexity index is 3530. The molecule has 35 heteroatoms. The Morgan fingerprint density at radius 2 is 1.01 bits per heavy atom. The van der Waals surface area contributed by atoms with Crippen molar-refractivity contribution in [2.45, 2.75) is 52.1 Å². The van der Waals surface area contributed by atoms with Gasteiger partial charge in [-0.25, -0.2) is 4.79 Å². The van der Waals surface area contributed by atoms with Gasteiger partial charge < -0.3 is 104 Å². The van der Waals surface area contributed by atoms with Crippen LogP contribution in [0.1, 0.15) is 57.1 Å². The van der Waals surface area contributed by atoms with Crippen molar-refractivity contribution >= 4 is 40.0 Å². The van der Waals surface area contributed by atoms with Crippen LogP contribution in [0.3, 0.4) is 0 Å². The normalized spacial score (nSPS) is 9.89. The average molecular weight is 1390 g/mol. The van der Waals surface area contributed by atoms with Gasteiger partial charge in [0.15, 0.2) is 10.5 Å². The van der Waals surface area contributed by atoms with E-state index in [1.807, 2.05) is 97.6 Å². The summed E-state index contributed by atoms with van der Waals surface area (Å²) < 4.78 is 12.5. The number of aromatic hydroxyl groups is 1. The van der Waals surface area contributed by atoms with Gasteiger partial charge in [0.1, 0.15) is 22.8 Å². The van der Waals surface area contributed by atoms with Gasteiger partial charge in [0.25, 0.3) is 0 Å². The van der Waals surface area contributed by atoms with Crippen molar-refractivity contribution in [1.29, 1.82) is 0 Å². The van der Waals surface area contributed by atoms with E-state index in [0.717, 1.165) is 52.5 Å². The van der Waals surface area contributed by atoms with Crippen molar-refractivity contribution in [1.82, 2.24) is 47.4 Å². The van der Waals surface area contributed by atoms with Gasteiger partial charge >= 0.3 is 44.9 Å². The number of anilines is 1. The summed E-state index contributed by atoms with van der Waals surface area (Å²) >= 11 is 5.65.